The monoisotopic (exact) mass is 346 g/mol. The number of nitrogens with one attached hydrogen (secondary N) is 1. The second-order valence-electron chi connectivity index (χ2n) is 7.64. The van der Waals surface area contributed by atoms with Gasteiger partial charge in [-0.2, -0.15) is 0 Å². The maximum atomic E-state index is 11.7. The van der Waals surface area contributed by atoms with Crippen molar-refractivity contribution in [3.05, 3.63) is 17.5 Å². The molecule has 25 heavy (non-hydrogen) atoms. The minimum Gasteiger partial charge on any atom is -0.379 e. The van der Waals surface area contributed by atoms with Crippen LogP contribution >= 0.6 is 0 Å². The molecule has 0 unspecified atom stereocenters. The Morgan fingerprint density at radius 1 is 1.32 bits per heavy atom. The van der Waals surface area contributed by atoms with Gasteiger partial charge in [-0.25, -0.2) is 9.97 Å². The molecule has 0 aromatic carbocycles. The molecule has 0 atom stereocenters. The number of ether oxygens (including phenoxy) is 1. The van der Waals surface area contributed by atoms with Crippen LogP contribution in [0.1, 0.15) is 68.4 Å². The molecule has 0 radical (unpaired) electrons. The Bertz CT molecular complexity index is 593. The lowest BCUT2D eigenvalue weighted by Gasteiger charge is -2.33. The number of aromatic nitrogens is 2. The predicted octanol–water partition coefficient (Wildman–Crippen LogP) is 2.92. The van der Waals surface area contributed by atoms with Gasteiger partial charge in [-0.15, -0.1) is 0 Å². The lowest BCUT2D eigenvalue weighted by Crippen LogP contribution is -2.31. The van der Waals surface area contributed by atoms with E-state index in [1.165, 1.54) is 12.8 Å². The zero-order valence-corrected chi connectivity index (χ0v) is 15.3. The van der Waals surface area contributed by atoms with Gasteiger partial charge in [0.2, 0.25) is 5.95 Å². The van der Waals surface area contributed by atoms with E-state index in [0.717, 1.165) is 50.3 Å². The lowest BCUT2D eigenvalue weighted by atomic mass is 9.73. The van der Waals surface area contributed by atoms with Crippen molar-refractivity contribution >= 4 is 11.9 Å². The summed E-state index contributed by atoms with van der Waals surface area (Å²) in [5.74, 6) is 1.57. The van der Waals surface area contributed by atoms with Gasteiger partial charge < -0.3 is 15.8 Å². The smallest absolute Gasteiger partial charge is 0.252 e. The third kappa shape index (κ3) is 4.69. The lowest BCUT2D eigenvalue weighted by molar-refractivity contribution is 0.0346. The summed E-state index contributed by atoms with van der Waals surface area (Å²) in [7, 11) is 0. The van der Waals surface area contributed by atoms with E-state index in [1.807, 2.05) is 6.92 Å². The van der Waals surface area contributed by atoms with Crippen LogP contribution in [0.25, 0.3) is 0 Å². The SMILES string of the molecule is CCOC1CCC(Nc2ncc(C(N)=O)c(CC3CC(C)C3)n2)CC1. The van der Waals surface area contributed by atoms with E-state index in [0.29, 0.717) is 29.6 Å². The fourth-order valence-electron chi connectivity index (χ4n) is 4.15. The minimum atomic E-state index is -0.439. The molecule has 2 aliphatic rings. The number of nitrogens with zero attached hydrogens (tertiary/aromatic N) is 2. The molecular formula is C19H30N4O2. The van der Waals surface area contributed by atoms with Crippen LogP contribution in [0.4, 0.5) is 5.95 Å². The van der Waals surface area contributed by atoms with E-state index in [9.17, 15) is 4.79 Å². The van der Waals surface area contributed by atoms with Crippen LogP contribution in [0.3, 0.4) is 0 Å². The van der Waals surface area contributed by atoms with Crippen molar-refractivity contribution in [3.63, 3.8) is 0 Å². The van der Waals surface area contributed by atoms with Crippen LogP contribution in [0.5, 0.6) is 0 Å². The van der Waals surface area contributed by atoms with E-state index >= 15 is 0 Å². The zero-order chi connectivity index (χ0) is 17.8. The minimum absolute atomic E-state index is 0.368. The second-order valence-corrected chi connectivity index (χ2v) is 7.64. The Balaban J connectivity index is 1.62. The number of hydrogen-bond donors (Lipinski definition) is 2. The Hall–Kier alpha value is -1.69. The number of primary amides is 1. The number of rotatable bonds is 7. The van der Waals surface area contributed by atoms with Gasteiger partial charge in [-0.3, -0.25) is 4.79 Å². The number of hydrogen-bond acceptors (Lipinski definition) is 5. The second kappa shape index (κ2) is 8.13. The van der Waals surface area contributed by atoms with Crippen molar-refractivity contribution in [2.75, 3.05) is 11.9 Å². The van der Waals surface area contributed by atoms with Crippen LogP contribution in [0.15, 0.2) is 6.20 Å². The topological polar surface area (TPSA) is 90.1 Å². The standard InChI is InChI=1S/C19H30N4O2/c1-3-25-15-6-4-14(5-7-15)22-19-21-11-16(18(20)24)17(23-19)10-13-8-12(2)9-13/h11-15H,3-10H2,1-2H3,(H2,20,24)(H,21,22,23). The van der Waals surface area contributed by atoms with Crippen molar-refractivity contribution in [1.29, 1.82) is 0 Å². The Morgan fingerprint density at radius 2 is 2.04 bits per heavy atom. The highest BCUT2D eigenvalue weighted by atomic mass is 16.5. The van der Waals surface area contributed by atoms with Crippen molar-refractivity contribution in [1.82, 2.24) is 9.97 Å². The fraction of sp³-hybridized carbons (Fsp3) is 0.737. The molecule has 0 spiro atoms. The van der Waals surface area contributed by atoms with E-state index < -0.39 is 5.91 Å². The van der Waals surface area contributed by atoms with Gasteiger partial charge in [-0.05, 0) is 63.7 Å². The van der Waals surface area contributed by atoms with Crippen molar-refractivity contribution < 1.29 is 9.53 Å². The molecule has 0 aliphatic heterocycles. The third-order valence-electron chi connectivity index (χ3n) is 5.50. The van der Waals surface area contributed by atoms with Gasteiger partial charge in [0.25, 0.3) is 5.91 Å². The van der Waals surface area contributed by atoms with Crippen molar-refractivity contribution in [2.24, 2.45) is 17.6 Å². The number of carbonyl (C=O) groups is 1. The molecule has 1 aromatic rings. The molecule has 6 nitrogen and oxygen atoms in total. The first-order valence-electron chi connectivity index (χ1n) is 9.59. The van der Waals surface area contributed by atoms with Crippen LogP contribution in [-0.4, -0.2) is 34.6 Å². The molecule has 0 bridgehead atoms. The number of amides is 1. The summed E-state index contributed by atoms with van der Waals surface area (Å²) in [4.78, 5) is 20.6. The fourth-order valence-corrected chi connectivity index (χ4v) is 4.15. The molecule has 6 heteroatoms. The van der Waals surface area contributed by atoms with E-state index in [4.69, 9.17) is 10.5 Å². The number of anilines is 1. The largest absolute Gasteiger partial charge is 0.379 e. The number of nitrogens with two attached hydrogens (primary N) is 1. The van der Waals surface area contributed by atoms with Gasteiger partial charge in [0, 0.05) is 18.8 Å². The van der Waals surface area contributed by atoms with Gasteiger partial charge in [0.05, 0.1) is 17.4 Å². The molecular weight excluding hydrogens is 316 g/mol. The summed E-state index contributed by atoms with van der Waals surface area (Å²) in [6, 6.07) is 0.368. The van der Waals surface area contributed by atoms with E-state index in [-0.39, 0.29) is 0 Å². The highest BCUT2D eigenvalue weighted by Gasteiger charge is 2.28. The first-order valence-corrected chi connectivity index (χ1v) is 9.59. The molecule has 1 aromatic heterocycles. The molecule has 2 aliphatic carbocycles. The molecule has 138 valence electrons. The summed E-state index contributed by atoms with van der Waals surface area (Å²) >= 11 is 0. The molecule has 0 saturated heterocycles. The first kappa shape index (κ1) is 18.1. The summed E-state index contributed by atoms with van der Waals surface area (Å²) in [6.07, 6.45) is 9.44. The third-order valence-corrected chi connectivity index (χ3v) is 5.50. The molecule has 2 saturated carbocycles. The molecule has 3 N–H and O–H groups in total. The Kier molecular flexibility index (Phi) is 5.89. The zero-order valence-electron chi connectivity index (χ0n) is 15.3. The van der Waals surface area contributed by atoms with Gasteiger partial charge in [-0.1, -0.05) is 6.92 Å². The molecule has 3 rings (SSSR count). The first-order chi connectivity index (χ1) is 12.0. The average Bonchev–Trinajstić information content (AvgIpc) is 2.55. The summed E-state index contributed by atoms with van der Waals surface area (Å²) < 4.78 is 5.70. The van der Waals surface area contributed by atoms with Gasteiger partial charge in [0.15, 0.2) is 0 Å². The normalized spacial score (nSPS) is 29.0. The quantitative estimate of drug-likeness (QED) is 0.792. The van der Waals surface area contributed by atoms with E-state index in [2.05, 4.69) is 22.2 Å². The van der Waals surface area contributed by atoms with Crippen molar-refractivity contribution in [3.8, 4) is 0 Å². The van der Waals surface area contributed by atoms with Crippen LogP contribution < -0.4 is 11.1 Å². The Labute approximate surface area is 149 Å². The van der Waals surface area contributed by atoms with Gasteiger partial charge in [0.1, 0.15) is 0 Å². The van der Waals surface area contributed by atoms with Crippen LogP contribution in [-0.2, 0) is 11.2 Å². The highest BCUT2D eigenvalue weighted by Crippen LogP contribution is 2.35. The molecule has 2 fully saturated rings. The maximum absolute atomic E-state index is 11.7. The Morgan fingerprint density at radius 3 is 2.64 bits per heavy atom. The highest BCUT2D eigenvalue weighted by molar-refractivity contribution is 5.93. The van der Waals surface area contributed by atoms with Crippen LogP contribution in [0.2, 0.25) is 0 Å². The summed E-state index contributed by atoms with van der Waals surface area (Å²) in [6.45, 7) is 5.09. The van der Waals surface area contributed by atoms with E-state index in [1.54, 1.807) is 6.20 Å². The molecule has 1 heterocycles. The average molecular weight is 346 g/mol. The van der Waals surface area contributed by atoms with Gasteiger partial charge >= 0.3 is 0 Å². The van der Waals surface area contributed by atoms with Crippen molar-refractivity contribution in [2.45, 2.75) is 70.9 Å². The molecule has 1 amide bonds. The maximum Gasteiger partial charge on any atom is 0.252 e. The van der Waals surface area contributed by atoms with Crippen LogP contribution in [0, 0.1) is 11.8 Å². The predicted molar refractivity (Wildman–Crippen MR) is 97.4 cm³/mol. The number of carbonyl (C=O) groups excluding carboxylic acids is 1. The summed E-state index contributed by atoms with van der Waals surface area (Å²) in [5.41, 5.74) is 6.76. The summed E-state index contributed by atoms with van der Waals surface area (Å²) in [5, 5.41) is 3.44.